The van der Waals surface area contributed by atoms with Gasteiger partial charge in [0.1, 0.15) is 18.5 Å². The molecule has 4 heteroatoms. The van der Waals surface area contributed by atoms with E-state index in [0.717, 1.165) is 12.2 Å². The maximum atomic E-state index is 10.2. The maximum Gasteiger partial charge on any atom is 0.327 e. The highest BCUT2D eigenvalue weighted by atomic mass is 31.1. The van der Waals surface area contributed by atoms with E-state index in [1.165, 1.54) is 0 Å². The van der Waals surface area contributed by atoms with E-state index in [9.17, 15) is 4.57 Å². The van der Waals surface area contributed by atoms with Crippen LogP contribution in [0.2, 0.25) is 0 Å². The van der Waals surface area contributed by atoms with Crippen LogP contribution < -0.4 is 4.74 Å². The van der Waals surface area contributed by atoms with E-state index < -0.39 is 0 Å². The minimum Gasteiger partial charge on any atom is -0.491 e. The zero-order valence-corrected chi connectivity index (χ0v) is 8.94. The van der Waals surface area contributed by atoms with Crippen molar-refractivity contribution >= 4 is 8.69 Å². The second-order valence-electron chi connectivity index (χ2n) is 2.83. The number of hydrogen-bond acceptors (Lipinski definition) is 3. The summed E-state index contributed by atoms with van der Waals surface area (Å²) in [6.07, 6.45) is 0.664. The highest BCUT2D eigenvalue weighted by Gasteiger charge is 2.07. The fraction of sp³-hybridized carbons (Fsp3) is 0.400. The summed E-state index contributed by atoms with van der Waals surface area (Å²) in [7, 11) is -0.289. The lowest BCUT2D eigenvalue weighted by molar-refractivity contribution is 0.138. The van der Waals surface area contributed by atoms with Crippen molar-refractivity contribution in [3.63, 3.8) is 0 Å². The van der Waals surface area contributed by atoms with Crippen molar-refractivity contribution in [2.75, 3.05) is 6.61 Å². The van der Waals surface area contributed by atoms with Gasteiger partial charge in [-0.25, -0.2) is 4.57 Å². The molecule has 0 aliphatic carbocycles. The first-order valence-corrected chi connectivity index (χ1v) is 5.26. The first kappa shape index (κ1) is 11.2. The Morgan fingerprint density at radius 2 is 2.07 bits per heavy atom. The van der Waals surface area contributed by atoms with Crippen LogP contribution in [0.5, 0.6) is 5.75 Å². The molecule has 0 heterocycles. The van der Waals surface area contributed by atoms with Gasteiger partial charge in [0, 0.05) is 0 Å². The summed E-state index contributed by atoms with van der Waals surface area (Å²) in [5.41, 5.74) is 0. The molecular formula is C10H13O3P. The predicted octanol–water partition coefficient (Wildman–Crippen LogP) is 3.07. The Labute approximate surface area is 85.3 Å². The number of hydrogen-bond donors (Lipinski definition) is 0. The molecular weight excluding hydrogens is 199 g/mol. The Bertz CT molecular complexity index is 263. The summed E-state index contributed by atoms with van der Waals surface area (Å²) >= 11 is 0. The molecule has 0 aromatic heterocycles. The molecule has 1 aromatic carbocycles. The Morgan fingerprint density at radius 3 is 2.64 bits per heavy atom. The minimum atomic E-state index is -0.289. The normalized spacial score (nSPS) is 12.6. The molecule has 0 saturated carbocycles. The number of ether oxygens (including phenoxy) is 1. The quantitative estimate of drug-likeness (QED) is 0.680. The average Bonchev–Trinajstić information content (AvgIpc) is 2.25. The predicted molar refractivity (Wildman–Crippen MR) is 54.7 cm³/mol. The van der Waals surface area contributed by atoms with Crippen LogP contribution in [0.1, 0.15) is 13.3 Å². The summed E-state index contributed by atoms with van der Waals surface area (Å²) < 4.78 is 20.6. The Morgan fingerprint density at radius 1 is 1.36 bits per heavy atom. The van der Waals surface area contributed by atoms with Gasteiger partial charge in [-0.2, -0.15) is 0 Å². The molecule has 1 rings (SSSR count). The second kappa shape index (κ2) is 6.52. The van der Waals surface area contributed by atoms with Gasteiger partial charge in [0.05, 0.1) is 0 Å². The van der Waals surface area contributed by atoms with Crippen LogP contribution in [0.4, 0.5) is 0 Å². The summed E-state index contributed by atoms with van der Waals surface area (Å²) in [5, 5.41) is 0. The van der Waals surface area contributed by atoms with E-state index in [1.54, 1.807) is 0 Å². The lowest BCUT2D eigenvalue weighted by Crippen LogP contribution is -2.17. The van der Waals surface area contributed by atoms with Crippen LogP contribution in [0.3, 0.4) is 0 Å². The fourth-order valence-electron chi connectivity index (χ4n) is 0.990. The van der Waals surface area contributed by atoms with E-state index >= 15 is 0 Å². The number of benzene rings is 1. The Kier molecular flexibility index (Phi) is 5.20. The van der Waals surface area contributed by atoms with E-state index in [-0.39, 0.29) is 14.8 Å². The molecule has 3 nitrogen and oxygen atoms in total. The van der Waals surface area contributed by atoms with Gasteiger partial charge in [-0.05, 0) is 18.6 Å². The van der Waals surface area contributed by atoms with E-state index in [4.69, 9.17) is 9.26 Å². The van der Waals surface area contributed by atoms with Crippen molar-refractivity contribution in [3.05, 3.63) is 30.3 Å². The van der Waals surface area contributed by atoms with Crippen molar-refractivity contribution in [1.82, 2.24) is 0 Å². The molecule has 0 radical (unpaired) electrons. The summed E-state index contributed by atoms with van der Waals surface area (Å²) in [6, 6.07) is 9.49. The maximum absolute atomic E-state index is 10.2. The molecule has 0 N–H and O–H groups in total. The smallest absolute Gasteiger partial charge is 0.327 e. The van der Waals surface area contributed by atoms with Gasteiger partial charge >= 0.3 is 8.69 Å². The monoisotopic (exact) mass is 212 g/mol. The zero-order chi connectivity index (χ0) is 10.2. The highest BCUT2D eigenvalue weighted by molar-refractivity contribution is 7.17. The third kappa shape index (κ3) is 3.86. The molecule has 14 heavy (non-hydrogen) atoms. The molecule has 0 aliphatic heterocycles. The van der Waals surface area contributed by atoms with Gasteiger partial charge in [0.15, 0.2) is 0 Å². The average molecular weight is 212 g/mol. The van der Waals surface area contributed by atoms with Crippen molar-refractivity contribution in [3.8, 4) is 5.75 Å². The molecule has 76 valence electrons. The topological polar surface area (TPSA) is 35.5 Å². The van der Waals surface area contributed by atoms with E-state index in [0.29, 0.717) is 6.61 Å². The largest absolute Gasteiger partial charge is 0.491 e. The second-order valence-corrected chi connectivity index (χ2v) is 3.19. The fourth-order valence-corrected chi connectivity index (χ4v) is 1.32. The molecule has 0 bridgehead atoms. The van der Waals surface area contributed by atoms with Crippen molar-refractivity contribution in [2.45, 2.75) is 19.4 Å². The SMILES string of the molecule is CCC(COc1ccccc1)OP=O. The van der Waals surface area contributed by atoms with Gasteiger partial charge in [-0.3, -0.25) is 4.52 Å². The lowest BCUT2D eigenvalue weighted by Gasteiger charge is -2.12. The van der Waals surface area contributed by atoms with Crippen molar-refractivity contribution in [2.24, 2.45) is 0 Å². The third-order valence-electron chi connectivity index (χ3n) is 1.83. The van der Waals surface area contributed by atoms with Gasteiger partial charge < -0.3 is 4.74 Å². The molecule has 0 amide bonds. The van der Waals surface area contributed by atoms with Crippen molar-refractivity contribution in [1.29, 1.82) is 0 Å². The van der Waals surface area contributed by atoms with Crippen LogP contribution in [-0.4, -0.2) is 12.7 Å². The number of para-hydroxylation sites is 1. The van der Waals surface area contributed by atoms with Gasteiger partial charge in [0.25, 0.3) is 0 Å². The highest BCUT2D eigenvalue weighted by Crippen LogP contribution is 2.12. The summed E-state index contributed by atoms with van der Waals surface area (Å²) in [4.78, 5) is 0. The van der Waals surface area contributed by atoms with Gasteiger partial charge in [-0.15, -0.1) is 0 Å². The first-order chi connectivity index (χ1) is 6.86. The summed E-state index contributed by atoms with van der Waals surface area (Å²) in [5.74, 6) is 0.803. The zero-order valence-electron chi connectivity index (χ0n) is 8.05. The standard InChI is InChI=1S/C10H13O3P/c1-2-9(13-14-11)8-12-10-6-4-3-5-7-10/h3-7,9H,2,8H2,1H3. The van der Waals surface area contributed by atoms with Crippen LogP contribution >= 0.6 is 8.69 Å². The molecule has 0 aliphatic rings. The van der Waals surface area contributed by atoms with Crippen LogP contribution in [0, 0.1) is 0 Å². The Balaban J connectivity index is 2.35. The summed E-state index contributed by atoms with van der Waals surface area (Å²) in [6.45, 7) is 2.39. The van der Waals surface area contributed by atoms with Crippen LogP contribution in [-0.2, 0) is 9.09 Å². The van der Waals surface area contributed by atoms with Crippen LogP contribution in [0.15, 0.2) is 30.3 Å². The van der Waals surface area contributed by atoms with Gasteiger partial charge in [0.2, 0.25) is 0 Å². The van der Waals surface area contributed by atoms with Gasteiger partial charge in [-0.1, -0.05) is 25.1 Å². The first-order valence-electron chi connectivity index (χ1n) is 4.53. The minimum absolute atomic E-state index is 0.116. The van der Waals surface area contributed by atoms with Crippen molar-refractivity contribution < 1.29 is 13.8 Å². The molecule has 1 unspecified atom stereocenters. The molecule has 1 atom stereocenters. The third-order valence-corrected chi connectivity index (χ3v) is 2.21. The van der Waals surface area contributed by atoms with E-state index in [2.05, 4.69) is 0 Å². The van der Waals surface area contributed by atoms with E-state index in [1.807, 2.05) is 37.3 Å². The Hall–Kier alpha value is -0.920. The molecule has 1 aromatic rings. The van der Waals surface area contributed by atoms with Crippen LogP contribution in [0.25, 0.3) is 0 Å². The number of rotatable bonds is 6. The molecule has 0 spiro atoms. The lowest BCUT2D eigenvalue weighted by atomic mass is 10.3. The molecule has 0 fully saturated rings. The molecule has 0 saturated heterocycles.